The fourth-order valence-corrected chi connectivity index (χ4v) is 6.88. The Bertz CT molecular complexity index is 877. The van der Waals surface area contributed by atoms with Gasteiger partial charge in [-0.05, 0) is 50.9 Å². The Hall–Kier alpha value is -2.10. The smallest absolute Gasteiger partial charge is 0.337 e. The number of nitrogens with one attached hydrogen (secondary N) is 1. The lowest BCUT2D eigenvalue weighted by Crippen LogP contribution is -2.68. The molecule has 7 nitrogen and oxygen atoms in total. The largest absolute Gasteiger partial charge is 0.419 e. The molecule has 0 unspecified atom stereocenters. The Balaban J connectivity index is 1.07. The molecule has 0 aromatic carbocycles. The van der Waals surface area contributed by atoms with E-state index in [4.69, 9.17) is 0 Å². The summed E-state index contributed by atoms with van der Waals surface area (Å²) in [6, 6.07) is -0.0204. The highest BCUT2D eigenvalue weighted by atomic mass is 19.4. The second kappa shape index (κ2) is 9.41. The lowest BCUT2D eigenvalue weighted by atomic mass is 9.60. The van der Waals surface area contributed by atoms with Crippen molar-refractivity contribution in [3.8, 4) is 0 Å². The third kappa shape index (κ3) is 5.22. The molecule has 4 aliphatic rings. The quantitative estimate of drug-likeness (QED) is 0.682. The maximum atomic E-state index is 13.1. The molecule has 2 saturated carbocycles. The molecule has 194 valence electrons. The van der Waals surface area contributed by atoms with Crippen LogP contribution in [0.2, 0.25) is 0 Å². The number of alkyl halides is 3. The minimum absolute atomic E-state index is 0.0452. The highest BCUT2D eigenvalue weighted by molar-refractivity contribution is 5.76. The summed E-state index contributed by atoms with van der Waals surface area (Å²) in [4.78, 5) is 27.3. The lowest BCUT2D eigenvalue weighted by molar-refractivity contribution is -0.138. The minimum Gasteiger partial charge on any atom is -0.337 e. The zero-order chi connectivity index (χ0) is 24.8. The normalized spacial score (nSPS) is 28.0. The molecule has 1 aromatic heterocycles. The van der Waals surface area contributed by atoms with Crippen molar-refractivity contribution >= 4 is 12.0 Å². The van der Waals surface area contributed by atoms with E-state index < -0.39 is 11.7 Å². The van der Waals surface area contributed by atoms with E-state index in [2.05, 4.69) is 20.2 Å². The van der Waals surface area contributed by atoms with E-state index in [9.17, 15) is 18.0 Å². The molecule has 0 bridgehead atoms. The molecule has 0 radical (unpaired) electrons. The molecule has 3 heterocycles. The number of nitrogens with zero attached hydrogens (tertiary/aromatic N) is 5. The zero-order valence-corrected chi connectivity index (χ0v) is 20.7. The molecule has 35 heavy (non-hydrogen) atoms. The highest BCUT2D eigenvalue weighted by Crippen LogP contribution is 2.49. The van der Waals surface area contributed by atoms with Crippen molar-refractivity contribution in [3.05, 3.63) is 18.0 Å². The van der Waals surface area contributed by atoms with Crippen molar-refractivity contribution < 1.29 is 18.0 Å². The number of hydrogen-bond donors (Lipinski definition) is 1. The number of aromatic nitrogens is 2. The highest BCUT2D eigenvalue weighted by Gasteiger charge is 2.53. The van der Waals surface area contributed by atoms with E-state index >= 15 is 0 Å². The first kappa shape index (κ1) is 24.6. The predicted molar refractivity (Wildman–Crippen MR) is 127 cm³/mol. The summed E-state index contributed by atoms with van der Waals surface area (Å²) in [6.07, 6.45) is 6.25. The molecule has 2 saturated heterocycles. The maximum absolute atomic E-state index is 13.1. The first-order chi connectivity index (χ1) is 16.6. The molecule has 2 amide bonds. The molecular weight excluding hydrogens is 457 g/mol. The molecule has 2 atom stereocenters. The summed E-state index contributed by atoms with van der Waals surface area (Å²) >= 11 is 0. The average molecular weight is 495 g/mol. The van der Waals surface area contributed by atoms with Gasteiger partial charge in [0.25, 0.3) is 0 Å². The number of likely N-dealkylation sites (tertiary alicyclic amines) is 1. The van der Waals surface area contributed by atoms with Crippen molar-refractivity contribution in [2.45, 2.75) is 83.1 Å². The Labute approximate surface area is 205 Å². The number of carbonyl (C=O) groups excluding carboxylic acids is 1. The summed E-state index contributed by atoms with van der Waals surface area (Å²) in [5, 5.41) is 3.24. The first-order valence-electron chi connectivity index (χ1n) is 13.1. The summed E-state index contributed by atoms with van der Waals surface area (Å²) in [5.41, 5.74) is -0.454. The fourth-order valence-electron chi connectivity index (χ4n) is 6.88. The van der Waals surface area contributed by atoms with Gasteiger partial charge in [-0.25, -0.2) is 14.8 Å². The van der Waals surface area contributed by atoms with Gasteiger partial charge in [-0.3, -0.25) is 0 Å². The van der Waals surface area contributed by atoms with Gasteiger partial charge in [0.15, 0.2) is 0 Å². The Morgan fingerprint density at radius 2 is 1.66 bits per heavy atom. The van der Waals surface area contributed by atoms with E-state index in [1.807, 2.05) is 23.6 Å². The molecule has 5 rings (SSSR count). The van der Waals surface area contributed by atoms with Gasteiger partial charge in [-0.15, -0.1) is 0 Å². The van der Waals surface area contributed by atoms with Gasteiger partial charge >= 0.3 is 12.2 Å². The number of urea groups is 1. The van der Waals surface area contributed by atoms with Crippen LogP contribution in [0.3, 0.4) is 0 Å². The Morgan fingerprint density at radius 3 is 2.23 bits per heavy atom. The fraction of sp³-hybridized carbons (Fsp3) is 0.800. The topological polar surface area (TPSA) is 64.6 Å². The number of carbonyl (C=O) groups is 1. The number of amides is 2. The predicted octanol–water partition coefficient (Wildman–Crippen LogP) is 4.15. The van der Waals surface area contributed by atoms with Gasteiger partial charge < -0.3 is 20.0 Å². The van der Waals surface area contributed by atoms with Crippen molar-refractivity contribution in [2.75, 3.05) is 37.6 Å². The van der Waals surface area contributed by atoms with Crippen molar-refractivity contribution in [1.82, 2.24) is 25.1 Å². The summed E-state index contributed by atoms with van der Waals surface area (Å²) in [5.74, 6) is 1.15. The van der Waals surface area contributed by atoms with Crippen LogP contribution in [-0.2, 0) is 6.18 Å². The molecule has 2 aliphatic carbocycles. The van der Waals surface area contributed by atoms with Gasteiger partial charge in [0, 0.05) is 63.2 Å². The van der Waals surface area contributed by atoms with E-state index in [-0.39, 0.29) is 30.1 Å². The second-order valence-corrected chi connectivity index (χ2v) is 11.5. The standard InChI is InChI=1S/C25H37F3N6O/c1-17-12-33(22-29-10-20(11-30-22)25(26,27)28)13-18(2)34(17)23(35)31-21-8-24(9-21)15-32(16-24)14-19-6-4-3-5-7-19/h10-11,17-19,21H,3-9,12-16H2,1-2H3,(H,31,35)/t17-,18+. The van der Waals surface area contributed by atoms with Crippen LogP contribution in [0.5, 0.6) is 0 Å². The van der Waals surface area contributed by atoms with Crippen LogP contribution < -0.4 is 10.2 Å². The van der Waals surface area contributed by atoms with Gasteiger partial charge in [0.1, 0.15) is 0 Å². The van der Waals surface area contributed by atoms with Crippen LogP contribution in [0.25, 0.3) is 0 Å². The molecule has 10 heteroatoms. The molecule has 1 N–H and O–H groups in total. The molecule has 1 aromatic rings. The van der Waals surface area contributed by atoms with Gasteiger partial charge in [-0.2, -0.15) is 13.2 Å². The number of halogens is 3. The minimum atomic E-state index is -4.46. The molecule has 1 spiro atoms. The van der Waals surface area contributed by atoms with E-state index in [0.29, 0.717) is 18.5 Å². The van der Waals surface area contributed by atoms with Crippen molar-refractivity contribution in [1.29, 1.82) is 0 Å². The van der Waals surface area contributed by atoms with Crippen molar-refractivity contribution in [2.24, 2.45) is 11.3 Å². The Morgan fingerprint density at radius 1 is 1.06 bits per heavy atom. The van der Waals surface area contributed by atoms with Crippen LogP contribution >= 0.6 is 0 Å². The monoisotopic (exact) mass is 494 g/mol. The molecule has 4 fully saturated rings. The second-order valence-electron chi connectivity index (χ2n) is 11.5. The average Bonchev–Trinajstić information content (AvgIpc) is 2.76. The lowest BCUT2D eigenvalue weighted by Gasteiger charge is -2.60. The molecule has 2 aliphatic heterocycles. The summed E-state index contributed by atoms with van der Waals surface area (Å²) in [7, 11) is 0. The summed E-state index contributed by atoms with van der Waals surface area (Å²) < 4.78 is 38.4. The van der Waals surface area contributed by atoms with E-state index in [0.717, 1.165) is 31.2 Å². The van der Waals surface area contributed by atoms with E-state index in [1.54, 1.807) is 0 Å². The number of hydrogen-bond acceptors (Lipinski definition) is 5. The van der Waals surface area contributed by atoms with Crippen LogP contribution in [-0.4, -0.2) is 76.6 Å². The van der Waals surface area contributed by atoms with Crippen LogP contribution in [0, 0.1) is 11.3 Å². The number of rotatable bonds is 4. The summed E-state index contributed by atoms with van der Waals surface area (Å²) in [6.45, 7) is 8.48. The van der Waals surface area contributed by atoms with E-state index in [1.165, 1.54) is 51.7 Å². The zero-order valence-electron chi connectivity index (χ0n) is 20.7. The first-order valence-corrected chi connectivity index (χ1v) is 13.1. The van der Waals surface area contributed by atoms with Gasteiger partial charge in [0.05, 0.1) is 5.56 Å². The number of piperazine rings is 1. The maximum Gasteiger partial charge on any atom is 0.419 e. The third-order valence-corrected chi connectivity index (χ3v) is 8.45. The third-order valence-electron chi connectivity index (χ3n) is 8.45. The Kier molecular flexibility index (Phi) is 6.61. The van der Waals surface area contributed by atoms with Gasteiger partial charge in [-0.1, -0.05) is 19.3 Å². The SMILES string of the molecule is C[C@@H]1CN(c2ncc(C(F)(F)F)cn2)C[C@H](C)N1C(=O)NC1CC2(C1)CN(CC1CCCCC1)C2. The van der Waals surface area contributed by atoms with Crippen LogP contribution in [0.4, 0.5) is 23.9 Å². The number of anilines is 1. The van der Waals surface area contributed by atoms with Crippen LogP contribution in [0.15, 0.2) is 12.4 Å². The van der Waals surface area contributed by atoms with Gasteiger partial charge in [0.2, 0.25) is 5.95 Å². The van der Waals surface area contributed by atoms with Crippen molar-refractivity contribution in [3.63, 3.8) is 0 Å². The van der Waals surface area contributed by atoms with Crippen LogP contribution in [0.1, 0.15) is 64.4 Å². The molecular formula is C25H37F3N6O.